The molecule has 4 nitrogen and oxygen atoms in total. The number of nitrogens with two attached hydrogens (primary N) is 1. The second-order valence-electron chi connectivity index (χ2n) is 4.45. The standard InChI is InChI=1S/C15H17BrN2O2/c1-10(17)14-6-5-13(19-2)7-15(14)20-9-12-4-3-11(16)8-18-12/h3-8,10H,9,17H2,1-2H3/t10-/m0/s1. The van der Waals surface area contributed by atoms with Gasteiger partial charge in [-0.25, -0.2) is 0 Å². The van der Waals surface area contributed by atoms with Crippen LogP contribution in [0.15, 0.2) is 41.0 Å². The van der Waals surface area contributed by atoms with Gasteiger partial charge in [0, 0.05) is 28.3 Å². The van der Waals surface area contributed by atoms with Crippen LogP contribution >= 0.6 is 15.9 Å². The fourth-order valence-electron chi connectivity index (χ4n) is 1.79. The second-order valence-corrected chi connectivity index (χ2v) is 5.36. The first-order valence-corrected chi connectivity index (χ1v) is 7.06. The topological polar surface area (TPSA) is 57.4 Å². The summed E-state index contributed by atoms with van der Waals surface area (Å²) in [6, 6.07) is 9.39. The van der Waals surface area contributed by atoms with Gasteiger partial charge in [0.1, 0.15) is 18.1 Å². The zero-order valence-electron chi connectivity index (χ0n) is 11.5. The van der Waals surface area contributed by atoms with Crippen LogP contribution in [0.2, 0.25) is 0 Å². The van der Waals surface area contributed by atoms with E-state index in [-0.39, 0.29) is 6.04 Å². The molecule has 0 unspecified atom stereocenters. The Labute approximate surface area is 127 Å². The molecule has 0 aliphatic rings. The minimum absolute atomic E-state index is 0.103. The molecule has 0 fully saturated rings. The fourth-order valence-corrected chi connectivity index (χ4v) is 2.02. The molecule has 0 spiro atoms. The van der Waals surface area contributed by atoms with Crippen LogP contribution in [0.3, 0.4) is 0 Å². The lowest BCUT2D eigenvalue weighted by molar-refractivity contribution is 0.294. The molecule has 0 saturated heterocycles. The molecule has 2 aromatic rings. The molecule has 1 aromatic carbocycles. The van der Waals surface area contributed by atoms with Crippen LogP contribution in [0.25, 0.3) is 0 Å². The molecule has 2 rings (SSSR count). The quantitative estimate of drug-likeness (QED) is 0.908. The summed E-state index contributed by atoms with van der Waals surface area (Å²) < 4.78 is 12.0. The molecular formula is C15H17BrN2O2. The van der Waals surface area contributed by atoms with Crippen LogP contribution < -0.4 is 15.2 Å². The van der Waals surface area contributed by atoms with Gasteiger partial charge in [-0.15, -0.1) is 0 Å². The zero-order chi connectivity index (χ0) is 14.5. The largest absolute Gasteiger partial charge is 0.497 e. The van der Waals surface area contributed by atoms with Crippen molar-refractivity contribution in [3.05, 3.63) is 52.3 Å². The molecule has 0 radical (unpaired) electrons. The fraction of sp³-hybridized carbons (Fsp3) is 0.267. The van der Waals surface area contributed by atoms with Gasteiger partial charge in [-0.2, -0.15) is 0 Å². The number of rotatable bonds is 5. The number of ether oxygens (including phenoxy) is 2. The summed E-state index contributed by atoms with van der Waals surface area (Å²) in [6.07, 6.45) is 1.75. The summed E-state index contributed by atoms with van der Waals surface area (Å²) in [5.41, 5.74) is 7.75. The highest BCUT2D eigenvalue weighted by atomic mass is 79.9. The van der Waals surface area contributed by atoms with Crippen molar-refractivity contribution in [3.63, 3.8) is 0 Å². The van der Waals surface area contributed by atoms with Gasteiger partial charge >= 0.3 is 0 Å². The maximum atomic E-state index is 5.95. The predicted molar refractivity (Wildman–Crippen MR) is 81.9 cm³/mol. The van der Waals surface area contributed by atoms with E-state index >= 15 is 0 Å². The first-order chi connectivity index (χ1) is 9.60. The number of nitrogens with zero attached hydrogens (tertiary/aromatic N) is 1. The van der Waals surface area contributed by atoms with Crippen LogP contribution in [0.4, 0.5) is 0 Å². The van der Waals surface area contributed by atoms with Crippen LogP contribution in [0.1, 0.15) is 24.2 Å². The lowest BCUT2D eigenvalue weighted by atomic mass is 10.1. The molecule has 2 N–H and O–H groups in total. The molecule has 0 aliphatic heterocycles. The van der Waals surface area contributed by atoms with Gasteiger partial charge in [-0.1, -0.05) is 6.07 Å². The van der Waals surface area contributed by atoms with Gasteiger partial charge in [0.25, 0.3) is 0 Å². The van der Waals surface area contributed by atoms with Gasteiger partial charge in [0.2, 0.25) is 0 Å². The molecule has 106 valence electrons. The summed E-state index contributed by atoms with van der Waals surface area (Å²) in [4.78, 5) is 4.28. The highest BCUT2D eigenvalue weighted by Crippen LogP contribution is 2.29. The van der Waals surface area contributed by atoms with Gasteiger partial charge in [0.05, 0.1) is 12.8 Å². The van der Waals surface area contributed by atoms with E-state index in [2.05, 4.69) is 20.9 Å². The van der Waals surface area contributed by atoms with Crippen LogP contribution in [0.5, 0.6) is 11.5 Å². The Balaban J connectivity index is 2.16. The van der Waals surface area contributed by atoms with Crippen LogP contribution in [0, 0.1) is 0 Å². The first kappa shape index (κ1) is 14.8. The third-order valence-electron chi connectivity index (χ3n) is 2.88. The van der Waals surface area contributed by atoms with Crippen molar-refractivity contribution in [1.29, 1.82) is 0 Å². The molecule has 0 bridgehead atoms. The molecule has 1 atom stereocenters. The van der Waals surface area contributed by atoms with E-state index in [9.17, 15) is 0 Å². The van der Waals surface area contributed by atoms with E-state index < -0.39 is 0 Å². The van der Waals surface area contributed by atoms with Crippen molar-refractivity contribution in [2.24, 2.45) is 5.73 Å². The number of halogens is 1. The van der Waals surface area contributed by atoms with Gasteiger partial charge < -0.3 is 15.2 Å². The predicted octanol–water partition coefficient (Wildman–Crippen LogP) is 3.45. The van der Waals surface area contributed by atoms with E-state index in [1.807, 2.05) is 37.3 Å². The van der Waals surface area contributed by atoms with Crippen molar-refractivity contribution >= 4 is 15.9 Å². The zero-order valence-corrected chi connectivity index (χ0v) is 13.1. The Hall–Kier alpha value is -1.59. The summed E-state index contributed by atoms with van der Waals surface area (Å²) >= 11 is 3.35. The van der Waals surface area contributed by atoms with Crippen LogP contribution in [-0.4, -0.2) is 12.1 Å². The smallest absolute Gasteiger partial charge is 0.130 e. The Morgan fingerprint density at radius 3 is 2.70 bits per heavy atom. The maximum absolute atomic E-state index is 5.95. The summed E-state index contributed by atoms with van der Waals surface area (Å²) in [5, 5.41) is 0. The molecule has 20 heavy (non-hydrogen) atoms. The Morgan fingerprint density at radius 2 is 2.10 bits per heavy atom. The van der Waals surface area contributed by atoms with Crippen LogP contribution in [-0.2, 0) is 6.61 Å². The molecule has 0 aliphatic carbocycles. The molecule has 5 heteroatoms. The Morgan fingerprint density at radius 1 is 1.30 bits per heavy atom. The molecule has 0 amide bonds. The molecule has 1 aromatic heterocycles. The number of hydrogen-bond donors (Lipinski definition) is 1. The van der Waals surface area contributed by atoms with E-state index in [1.165, 1.54) is 0 Å². The van der Waals surface area contributed by atoms with Crippen molar-refractivity contribution in [2.75, 3.05) is 7.11 Å². The second kappa shape index (κ2) is 6.72. The molecular weight excluding hydrogens is 320 g/mol. The highest BCUT2D eigenvalue weighted by Gasteiger charge is 2.10. The van der Waals surface area contributed by atoms with Gasteiger partial charge in [0.15, 0.2) is 0 Å². The van der Waals surface area contributed by atoms with Gasteiger partial charge in [-0.05, 0) is 41.1 Å². The van der Waals surface area contributed by atoms with Gasteiger partial charge in [-0.3, -0.25) is 4.98 Å². The number of pyridine rings is 1. The average Bonchev–Trinajstić information content (AvgIpc) is 2.46. The minimum Gasteiger partial charge on any atom is -0.497 e. The summed E-state index contributed by atoms with van der Waals surface area (Å²) in [7, 11) is 1.63. The first-order valence-electron chi connectivity index (χ1n) is 6.27. The number of benzene rings is 1. The Kier molecular flexibility index (Phi) is 4.98. The monoisotopic (exact) mass is 336 g/mol. The minimum atomic E-state index is -0.103. The van der Waals surface area contributed by atoms with Crippen molar-refractivity contribution < 1.29 is 9.47 Å². The number of methoxy groups -OCH3 is 1. The van der Waals surface area contributed by atoms with E-state index in [1.54, 1.807) is 13.3 Å². The van der Waals surface area contributed by atoms with Crippen molar-refractivity contribution in [3.8, 4) is 11.5 Å². The summed E-state index contributed by atoms with van der Waals surface area (Å²) in [5.74, 6) is 1.47. The lowest BCUT2D eigenvalue weighted by Gasteiger charge is -2.15. The number of aromatic nitrogens is 1. The SMILES string of the molecule is COc1ccc([C@H](C)N)c(OCc2ccc(Br)cn2)c1. The van der Waals surface area contributed by atoms with E-state index in [0.717, 1.165) is 27.2 Å². The van der Waals surface area contributed by atoms with E-state index in [4.69, 9.17) is 15.2 Å². The average molecular weight is 337 g/mol. The third-order valence-corrected chi connectivity index (χ3v) is 3.34. The normalized spacial score (nSPS) is 12.0. The van der Waals surface area contributed by atoms with E-state index in [0.29, 0.717) is 6.61 Å². The lowest BCUT2D eigenvalue weighted by Crippen LogP contribution is -2.08. The maximum Gasteiger partial charge on any atom is 0.130 e. The van der Waals surface area contributed by atoms with Crippen molar-refractivity contribution in [2.45, 2.75) is 19.6 Å². The molecule has 0 saturated carbocycles. The Bertz CT molecular complexity index is 571. The highest BCUT2D eigenvalue weighted by molar-refractivity contribution is 9.10. The summed E-state index contributed by atoms with van der Waals surface area (Å²) in [6.45, 7) is 2.31. The molecule has 1 heterocycles. The number of hydrogen-bond acceptors (Lipinski definition) is 4. The van der Waals surface area contributed by atoms with Crippen molar-refractivity contribution in [1.82, 2.24) is 4.98 Å². The third kappa shape index (κ3) is 3.71.